The normalized spacial score (nSPS) is 17.1. The Morgan fingerprint density at radius 1 is 1.21 bits per heavy atom. The smallest absolute Gasteiger partial charge is 0.272 e. The topological polar surface area (TPSA) is 56.0 Å². The average molecular weight is 377 g/mol. The first kappa shape index (κ1) is 18.5. The molecule has 0 bridgehead atoms. The Kier molecular flexibility index (Phi) is 5.28. The van der Waals surface area contributed by atoms with Gasteiger partial charge in [0.1, 0.15) is 11.5 Å². The van der Waals surface area contributed by atoms with Crippen LogP contribution in [0.15, 0.2) is 48.8 Å². The number of carbonyl (C=O) groups is 1. The van der Waals surface area contributed by atoms with Gasteiger partial charge in [-0.25, -0.2) is 4.98 Å². The van der Waals surface area contributed by atoms with E-state index in [9.17, 15) is 4.79 Å². The summed E-state index contributed by atoms with van der Waals surface area (Å²) >= 11 is 0. The van der Waals surface area contributed by atoms with Crippen LogP contribution in [0.1, 0.15) is 35.9 Å². The standard InChI is InChI=1S/C22H27N5O/c1-3-27-20(11-12-24-27)22(28)25-13-7-8-18(15-25)16-26-17(2)14-23-21(26)19-9-5-4-6-10-19/h4-6,9-12,14,18H,3,7-8,13,15-16H2,1-2H3. The molecule has 1 aliphatic rings. The summed E-state index contributed by atoms with van der Waals surface area (Å²) in [7, 11) is 0. The highest BCUT2D eigenvalue weighted by molar-refractivity contribution is 5.92. The molecule has 0 N–H and O–H groups in total. The van der Waals surface area contributed by atoms with Crippen molar-refractivity contribution in [2.75, 3.05) is 13.1 Å². The Balaban J connectivity index is 1.51. The Morgan fingerprint density at radius 2 is 2.04 bits per heavy atom. The van der Waals surface area contributed by atoms with E-state index in [-0.39, 0.29) is 5.91 Å². The van der Waals surface area contributed by atoms with Crippen LogP contribution in [0.4, 0.5) is 0 Å². The fourth-order valence-electron chi connectivity index (χ4n) is 4.09. The van der Waals surface area contributed by atoms with Gasteiger partial charge in [-0.1, -0.05) is 30.3 Å². The number of piperidine rings is 1. The van der Waals surface area contributed by atoms with Crippen LogP contribution in [0, 0.1) is 12.8 Å². The van der Waals surface area contributed by atoms with Crippen LogP contribution in [-0.2, 0) is 13.1 Å². The number of carbonyl (C=O) groups excluding carboxylic acids is 1. The number of rotatable bonds is 5. The van der Waals surface area contributed by atoms with Crippen molar-refractivity contribution in [3.8, 4) is 11.4 Å². The van der Waals surface area contributed by atoms with Crippen LogP contribution in [-0.4, -0.2) is 43.2 Å². The lowest BCUT2D eigenvalue weighted by atomic mass is 9.97. The number of aryl methyl sites for hydroxylation is 2. The number of nitrogens with zero attached hydrogens (tertiary/aromatic N) is 5. The summed E-state index contributed by atoms with van der Waals surface area (Å²) in [5.74, 6) is 1.52. The molecule has 1 amide bonds. The van der Waals surface area contributed by atoms with E-state index in [2.05, 4.69) is 33.7 Å². The molecule has 6 heteroatoms. The summed E-state index contributed by atoms with van der Waals surface area (Å²) < 4.78 is 4.07. The Morgan fingerprint density at radius 3 is 2.82 bits per heavy atom. The van der Waals surface area contributed by atoms with E-state index in [1.165, 1.54) is 0 Å². The number of hydrogen-bond acceptors (Lipinski definition) is 3. The average Bonchev–Trinajstić information content (AvgIpc) is 3.35. The van der Waals surface area contributed by atoms with Crippen LogP contribution in [0.25, 0.3) is 11.4 Å². The molecule has 4 rings (SSSR count). The van der Waals surface area contributed by atoms with Gasteiger partial charge in [-0.2, -0.15) is 5.10 Å². The quantitative estimate of drug-likeness (QED) is 0.682. The highest BCUT2D eigenvalue weighted by Crippen LogP contribution is 2.25. The Labute approximate surface area is 165 Å². The van der Waals surface area contributed by atoms with Gasteiger partial charge in [0, 0.05) is 49.8 Å². The molecule has 28 heavy (non-hydrogen) atoms. The van der Waals surface area contributed by atoms with Gasteiger partial charge in [0.2, 0.25) is 0 Å². The number of amides is 1. The van der Waals surface area contributed by atoms with Gasteiger partial charge in [0.05, 0.1) is 0 Å². The molecule has 146 valence electrons. The van der Waals surface area contributed by atoms with Crippen LogP contribution in [0.3, 0.4) is 0 Å². The van der Waals surface area contributed by atoms with Gasteiger partial charge >= 0.3 is 0 Å². The van der Waals surface area contributed by atoms with Gasteiger partial charge in [0.15, 0.2) is 0 Å². The summed E-state index contributed by atoms with van der Waals surface area (Å²) in [5.41, 5.74) is 2.98. The molecule has 1 atom stereocenters. The minimum Gasteiger partial charge on any atom is -0.337 e. The van der Waals surface area contributed by atoms with Gasteiger partial charge in [-0.3, -0.25) is 9.48 Å². The summed E-state index contributed by atoms with van der Waals surface area (Å²) in [6, 6.07) is 12.1. The molecule has 0 radical (unpaired) electrons. The Hall–Kier alpha value is -2.89. The lowest BCUT2D eigenvalue weighted by Gasteiger charge is -2.33. The fraction of sp³-hybridized carbons (Fsp3) is 0.409. The lowest BCUT2D eigenvalue weighted by Crippen LogP contribution is -2.42. The zero-order valence-electron chi connectivity index (χ0n) is 16.6. The molecule has 3 heterocycles. The van der Waals surface area contributed by atoms with E-state index in [4.69, 9.17) is 0 Å². The van der Waals surface area contributed by atoms with Gasteiger partial charge < -0.3 is 9.47 Å². The predicted octanol–water partition coefficient (Wildman–Crippen LogP) is 3.63. The van der Waals surface area contributed by atoms with Crippen molar-refractivity contribution in [3.63, 3.8) is 0 Å². The summed E-state index contributed by atoms with van der Waals surface area (Å²) in [5, 5.41) is 4.24. The summed E-state index contributed by atoms with van der Waals surface area (Å²) in [6.07, 6.45) is 5.81. The minimum absolute atomic E-state index is 0.0923. The molecular weight excluding hydrogens is 350 g/mol. The number of benzene rings is 1. The molecule has 1 aromatic carbocycles. The minimum atomic E-state index is 0.0923. The molecule has 0 spiro atoms. The molecule has 2 aromatic heterocycles. The summed E-state index contributed by atoms with van der Waals surface area (Å²) in [4.78, 5) is 19.6. The van der Waals surface area contributed by atoms with E-state index < -0.39 is 0 Å². The van der Waals surface area contributed by atoms with Crippen molar-refractivity contribution >= 4 is 5.91 Å². The molecule has 1 saturated heterocycles. The number of hydrogen-bond donors (Lipinski definition) is 0. The van der Waals surface area contributed by atoms with E-state index in [0.717, 1.165) is 49.6 Å². The first-order valence-electron chi connectivity index (χ1n) is 10.1. The third-order valence-corrected chi connectivity index (χ3v) is 5.57. The molecular formula is C22H27N5O. The van der Waals surface area contributed by atoms with Crippen LogP contribution >= 0.6 is 0 Å². The SMILES string of the molecule is CCn1nccc1C(=O)N1CCCC(Cn2c(C)cnc2-c2ccccc2)C1. The zero-order valence-corrected chi connectivity index (χ0v) is 16.6. The van der Waals surface area contributed by atoms with Gasteiger partial charge in [-0.15, -0.1) is 0 Å². The number of imidazole rings is 1. The second-order valence-electron chi connectivity index (χ2n) is 7.49. The Bertz CT molecular complexity index is 943. The van der Waals surface area contributed by atoms with Crippen LogP contribution in [0.2, 0.25) is 0 Å². The first-order valence-corrected chi connectivity index (χ1v) is 10.1. The molecule has 0 aliphatic carbocycles. The molecule has 6 nitrogen and oxygen atoms in total. The van der Waals surface area contributed by atoms with Gasteiger partial charge in [-0.05, 0) is 38.7 Å². The van der Waals surface area contributed by atoms with Crippen molar-refractivity contribution in [2.45, 2.75) is 39.8 Å². The number of likely N-dealkylation sites (tertiary alicyclic amines) is 1. The predicted molar refractivity (Wildman–Crippen MR) is 109 cm³/mol. The highest BCUT2D eigenvalue weighted by atomic mass is 16.2. The van der Waals surface area contributed by atoms with Crippen molar-refractivity contribution in [3.05, 3.63) is 60.2 Å². The van der Waals surface area contributed by atoms with Crippen molar-refractivity contribution in [2.24, 2.45) is 5.92 Å². The molecule has 3 aromatic rings. The first-order chi connectivity index (χ1) is 13.7. The summed E-state index contributed by atoms with van der Waals surface area (Å²) in [6.45, 7) is 7.30. The van der Waals surface area contributed by atoms with Gasteiger partial charge in [0.25, 0.3) is 5.91 Å². The van der Waals surface area contributed by atoms with E-state index in [1.807, 2.05) is 42.3 Å². The monoisotopic (exact) mass is 377 g/mol. The third-order valence-electron chi connectivity index (χ3n) is 5.57. The maximum Gasteiger partial charge on any atom is 0.272 e. The fourth-order valence-corrected chi connectivity index (χ4v) is 4.09. The largest absolute Gasteiger partial charge is 0.337 e. The zero-order chi connectivity index (χ0) is 19.5. The van der Waals surface area contributed by atoms with Crippen molar-refractivity contribution in [1.29, 1.82) is 0 Å². The lowest BCUT2D eigenvalue weighted by molar-refractivity contribution is 0.0650. The maximum atomic E-state index is 13.0. The van der Waals surface area contributed by atoms with E-state index >= 15 is 0 Å². The highest BCUT2D eigenvalue weighted by Gasteiger charge is 2.27. The number of aromatic nitrogens is 4. The maximum absolute atomic E-state index is 13.0. The van der Waals surface area contributed by atoms with E-state index in [1.54, 1.807) is 10.9 Å². The van der Waals surface area contributed by atoms with Crippen LogP contribution < -0.4 is 0 Å². The molecule has 1 unspecified atom stereocenters. The molecule has 0 saturated carbocycles. The molecule has 1 fully saturated rings. The molecule has 1 aliphatic heterocycles. The van der Waals surface area contributed by atoms with Crippen molar-refractivity contribution in [1.82, 2.24) is 24.2 Å². The van der Waals surface area contributed by atoms with E-state index in [0.29, 0.717) is 18.2 Å². The van der Waals surface area contributed by atoms with Crippen LogP contribution in [0.5, 0.6) is 0 Å². The second-order valence-corrected chi connectivity index (χ2v) is 7.49. The van der Waals surface area contributed by atoms with Crippen molar-refractivity contribution < 1.29 is 4.79 Å². The third kappa shape index (κ3) is 3.59. The second kappa shape index (κ2) is 8.00.